The van der Waals surface area contributed by atoms with Gasteiger partial charge in [0.05, 0.1) is 0 Å². The van der Waals surface area contributed by atoms with Crippen LogP contribution in [-0.2, 0) is 22.6 Å². The van der Waals surface area contributed by atoms with Crippen LogP contribution in [0.15, 0.2) is 18.2 Å². The minimum atomic E-state index is -4.55. The van der Waals surface area contributed by atoms with E-state index in [0.29, 0.717) is 26.2 Å². The van der Waals surface area contributed by atoms with Gasteiger partial charge in [-0.2, -0.15) is 13.2 Å². The Morgan fingerprint density at radius 2 is 1.36 bits per heavy atom. The molecule has 2 amide bonds. The molecule has 1 atom stereocenters. The van der Waals surface area contributed by atoms with Gasteiger partial charge >= 0.3 is 12.3 Å². The van der Waals surface area contributed by atoms with Gasteiger partial charge in [-0.15, -0.1) is 0 Å². The van der Waals surface area contributed by atoms with Gasteiger partial charge in [0.15, 0.2) is 6.10 Å². The molecule has 0 aromatic heterocycles. The van der Waals surface area contributed by atoms with Gasteiger partial charge in [-0.25, -0.2) is 4.79 Å². The average molecular weight is 471 g/mol. The largest absolute Gasteiger partial charge is 0.437 e. The summed E-state index contributed by atoms with van der Waals surface area (Å²) in [6, 6.07) is 6.28. The van der Waals surface area contributed by atoms with Crippen LogP contribution in [0.5, 0.6) is 0 Å². The summed E-state index contributed by atoms with van der Waals surface area (Å²) in [7, 11) is 0. The van der Waals surface area contributed by atoms with Crippen LogP contribution >= 0.6 is 0 Å². The summed E-state index contributed by atoms with van der Waals surface area (Å²) >= 11 is 0. The fourth-order valence-corrected chi connectivity index (χ4v) is 4.16. The average Bonchev–Trinajstić information content (AvgIpc) is 2.76. The first-order chi connectivity index (χ1) is 15.5. The highest BCUT2D eigenvalue weighted by Gasteiger charge is 2.40. The number of hydrogen-bond acceptors (Lipinski definition) is 5. The minimum Gasteiger partial charge on any atom is -0.437 e. The molecule has 33 heavy (non-hydrogen) atoms. The Hall–Kier alpha value is -2.33. The Kier molecular flexibility index (Phi) is 8.23. The number of nitrogens with zero attached hydrogens (tertiary/aromatic N) is 4. The summed E-state index contributed by atoms with van der Waals surface area (Å²) in [6.07, 6.45) is -7.58. The summed E-state index contributed by atoms with van der Waals surface area (Å²) in [6.45, 7) is 11.2. The zero-order valence-corrected chi connectivity index (χ0v) is 19.5. The van der Waals surface area contributed by atoms with Crippen molar-refractivity contribution >= 4 is 12.0 Å². The second-order valence-electron chi connectivity index (χ2n) is 8.81. The molecule has 0 spiro atoms. The second-order valence-corrected chi connectivity index (χ2v) is 8.81. The zero-order chi connectivity index (χ0) is 24.2. The number of carbonyl (C=O) groups is 2. The van der Waals surface area contributed by atoms with Gasteiger partial charge in [0.2, 0.25) is 5.91 Å². The molecule has 2 saturated heterocycles. The summed E-state index contributed by atoms with van der Waals surface area (Å²) in [5, 5.41) is 0. The van der Waals surface area contributed by atoms with Crippen molar-refractivity contribution in [2.75, 3.05) is 52.4 Å². The van der Waals surface area contributed by atoms with E-state index in [1.165, 1.54) is 21.6 Å². The molecule has 0 radical (unpaired) electrons. The number of ether oxygens (including phenoxy) is 1. The van der Waals surface area contributed by atoms with Gasteiger partial charge in [-0.05, 0) is 30.5 Å². The third-order valence-electron chi connectivity index (χ3n) is 6.53. The molecule has 0 N–H and O–H groups in total. The standard InChI is InChI=1S/C23H33F3N4O3/c1-17-20(15-27-7-11-29(12-8-27)19(3)31)5-4-6-21(17)16-28-9-13-30(14-10-28)22(32)33-18(2)23(24,25)26/h4-6,18H,7-16H2,1-3H3. The van der Waals surface area contributed by atoms with Crippen LogP contribution in [-0.4, -0.2) is 96.2 Å². The molecule has 184 valence electrons. The predicted octanol–water partition coefficient (Wildman–Crippen LogP) is 2.86. The number of benzene rings is 1. The quantitative estimate of drug-likeness (QED) is 0.663. The van der Waals surface area contributed by atoms with E-state index in [1.807, 2.05) is 4.90 Å². The van der Waals surface area contributed by atoms with Crippen LogP contribution in [0.3, 0.4) is 0 Å². The molecular formula is C23H33F3N4O3. The zero-order valence-electron chi connectivity index (χ0n) is 19.5. The fraction of sp³-hybridized carbons (Fsp3) is 0.652. The SMILES string of the molecule is CC(=O)N1CCN(Cc2cccc(CN3CCN(C(=O)OC(C)C(F)(F)F)CC3)c2C)CC1. The highest BCUT2D eigenvalue weighted by Crippen LogP contribution is 2.23. The Balaban J connectivity index is 1.50. The minimum absolute atomic E-state index is 0.121. The van der Waals surface area contributed by atoms with Crippen LogP contribution in [0.25, 0.3) is 0 Å². The van der Waals surface area contributed by atoms with Crippen molar-refractivity contribution in [2.24, 2.45) is 0 Å². The lowest BCUT2D eigenvalue weighted by molar-refractivity contribution is -0.200. The maximum absolute atomic E-state index is 12.6. The van der Waals surface area contributed by atoms with Gasteiger partial charge in [0.25, 0.3) is 0 Å². The summed E-state index contributed by atoms with van der Waals surface area (Å²) < 4.78 is 42.4. The normalized spacial score (nSPS) is 19.5. The van der Waals surface area contributed by atoms with Crippen molar-refractivity contribution in [3.63, 3.8) is 0 Å². The lowest BCUT2D eigenvalue weighted by Gasteiger charge is -2.35. The molecule has 1 aromatic carbocycles. The van der Waals surface area contributed by atoms with E-state index in [4.69, 9.17) is 0 Å². The van der Waals surface area contributed by atoms with Crippen LogP contribution < -0.4 is 0 Å². The maximum Gasteiger partial charge on any atom is 0.425 e. The molecule has 1 unspecified atom stereocenters. The van der Waals surface area contributed by atoms with E-state index in [9.17, 15) is 22.8 Å². The Bertz CT molecular complexity index is 833. The van der Waals surface area contributed by atoms with Crippen LogP contribution in [0.2, 0.25) is 0 Å². The van der Waals surface area contributed by atoms with Gasteiger partial charge in [0, 0.05) is 72.4 Å². The molecule has 3 rings (SSSR count). The van der Waals surface area contributed by atoms with Crippen molar-refractivity contribution in [3.8, 4) is 0 Å². The van der Waals surface area contributed by atoms with Gasteiger partial charge < -0.3 is 14.5 Å². The molecule has 2 heterocycles. The molecule has 1 aromatic rings. The molecule has 0 aliphatic carbocycles. The van der Waals surface area contributed by atoms with Crippen molar-refractivity contribution in [1.29, 1.82) is 0 Å². The van der Waals surface area contributed by atoms with Gasteiger partial charge in [-0.1, -0.05) is 18.2 Å². The number of rotatable bonds is 5. The van der Waals surface area contributed by atoms with E-state index < -0.39 is 18.4 Å². The van der Waals surface area contributed by atoms with E-state index in [2.05, 4.69) is 39.7 Å². The molecule has 2 aliphatic rings. The van der Waals surface area contributed by atoms with Crippen molar-refractivity contribution in [1.82, 2.24) is 19.6 Å². The second kappa shape index (κ2) is 10.7. The lowest BCUT2D eigenvalue weighted by atomic mass is 10.0. The smallest absolute Gasteiger partial charge is 0.425 e. The molecule has 7 nitrogen and oxygen atoms in total. The van der Waals surface area contributed by atoms with Crippen molar-refractivity contribution < 1.29 is 27.5 Å². The van der Waals surface area contributed by atoms with E-state index in [1.54, 1.807) is 6.92 Å². The topological polar surface area (TPSA) is 56.3 Å². The van der Waals surface area contributed by atoms with E-state index in [-0.39, 0.29) is 5.91 Å². The molecule has 10 heteroatoms. The highest BCUT2D eigenvalue weighted by molar-refractivity contribution is 5.73. The maximum atomic E-state index is 12.6. The number of alkyl halides is 3. The third-order valence-corrected chi connectivity index (χ3v) is 6.53. The molecule has 2 fully saturated rings. The monoisotopic (exact) mass is 470 g/mol. The number of amides is 2. The third kappa shape index (κ3) is 6.83. The first-order valence-electron chi connectivity index (χ1n) is 11.3. The molecular weight excluding hydrogens is 437 g/mol. The van der Waals surface area contributed by atoms with Gasteiger partial charge in [-0.3, -0.25) is 14.6 Å². The summed E-state index contributed by atoms with van der Waals surface area (Å²) in [4.78, 5) is 31.3. The Morgan fingerprint density at radius 1 is 0.909 bits per heavy atom. The van der Waals surface area contributed by atoms with Crippen molar-refractivity contribution in [2.45, 2.75) is 46.1 Å². The van der Waals surface area contributed by atoms with E-state index in [0.717, 1.165) is 46.2 Å². The highest BCUT2D eigenvalue weighted by atomic mass is 19.4. The van der Waals surface area contributed by atoms with Crippen molar-refractivity contribution in [3.05, 3.63) is 34.9 Å². The first kappa shape index (κ1) is 25.3. The lowest BCUT2D eigenvalue weighted by Crippen LogP contribution is -2.49. The fourth-order valence-electron chi connectivity index (χ4n) is 4.16. The summed E-state index contributed by atoms with van der Waals surface area (Å²) in [5.74, 6) is 0.121. The first-order valence-corrected chi connectivity index (χ1v) is 11.3. The molecule has 2 aliphatic heterocycles. The van der Waals surface area contributed by atoms with Crippen LogP contribution in [0, 0.1) is 6.92 Å². The van der Waals surface area contributed by atoms with Crippen LogP contribution in [0.1, 0.15) is 30.5 Å². The number of hydrogen-bond donors (Lipinski definition) is 0. The molecule has 0 saturated carbocycles. The number of piperazine rings is 2. The Labute approximate surface area is 193 Å². The molecule has 0 bridgehead atoms. The van der Waals surface area contributed by atoms with E-state index >= 15 is 0 Å². The number of halogens is 3. The Morgan fingerprint density at radius 3 is 1.79 bits per heavy atom. The predicted molar refractivity (Wildman–Crippen MR) is 118 cm³/mol. The van der Waals surface area contributed by atoms with Gasteiger partial charge in [0.1, 0.15) is 0 Å². The number of carbonyl (C=O) groups excluding carboxylic acids is 2. The summed E-state index contributed by atoms with van der Waals surface area (Å²) in [5.41, 5.74) is 3.69. The van der Waals surface area contributed by atoms with Crippen LogP contribution in [0.4, 0.5) is 18.0 Å².